The number of fused-ring (bicyclic) bond motifs is 1. The van der Waals surface area contributed by atoms with E-state index in [1.54, 1.807) is 30.3 Å². The largest absolute Gasteiger partial charge is 0.486 e. The molecule has 7 heteroatoms. The van der Waals surface area contributed by atoms with Crippen molar-refractivity contribution in [2.75, 3.05) is 24.5 Å². The number of hydrogen-bond acceptors (Lipinski definition) is 5. The molecule has 2 N–H and O–H groups in total. The Morgan fingerprint density at radius 2 is 1.90 bits per heavy atom. The summed E-state index contributed by atoms with van der Waals surface area (Å²) in [6, 6.07) is 9.90. The molecule has 2 aliphatic heterocycles. The maximum atomic E-state index is 14.6. The summed E-state index contributed by atoms with van der Waals surface area (Å²) >= 11 is 0. The van der Waals surface area contributed by atoms with E-state index in [0.717, 1.165) is 31.0 Å². The number of piperidine rings is 1. The number of rotatable bonds is 4. The molecule has 1 fully saturated rings. The molecule has 1 spiro atoms. The first-order chi connectivity index (χ1) is 14.8. The normalized spacial score (nSPS) is 18.6. The lowest BCUT2D eigenvalue weighted by Gasteiger charge is -2.46. The van der Waals surface area contributed by atoms with Crippen LogP contribution in [0.2, 0.25) is 0 Å². The van der Waals surface area contributed by atoms with Gasteiger partial charge in [0.25, 0.3) is 5.92 Å². The zero-order valence-corrected chi connectivity index (χ0v) is 18.2. The van der Waals surface area contributed by atoms with Crippen molar-refractivity contribution < 1.29 is 18.3 Å². The van der Waals surface area contributed by atoms with E-state index < -0.39 is 11.5 Å². The van der Waals surface area contributed by atoms with Crippen molar-refractivity contribution in [3.8, 4) is 5.75 Å². The van der Waals surface area contributed by atoms with Crippen LogP contribution in [0.5, 0.6) is 5.75 Å². The molecule has 0 bridgehead atoms. The van der Waals surface area contributed by atoms with Gasteiger partial charge in [-0.3, -0.25) is 4.79 Å². The predicted octanol–water partition coefficient (Wildman–Crippen LogP) is 4.80. The molecule has 0 amide bonds. The van der Waals surface area contributed by atoms with Crippen molar-refractivity contribution in [1.82, 2.24) is 4.98 Å². The second-order valence-electron chi connectivity index (χ2n) is 8.69. The Bertz CT molecular complexity index is 863. The summed E-state index contributed by atoms with van der Waals surface area (Å²) in [5.41, 5.74) is 4.89. The van der Waals surface area contributed by atoms with Gasteiger partial charge in [-0.1, -0.05) is 26.0 Å². The van der Waals surface area contributed by atoms with Crippen molar-refractivity contribution >= 4 is 12.1 Å². The molecule has 168 valence electrons. The number of alkyl halides is 2. The molecule has 1 aromatic carbocycles. The number of halogens is 2. The molecule has 0 unspecified atom stereocenters. The number of anilines is 1. The van der Waals surface area contributed by atoms with Gasteiger partial charge < -0.3 is 15.4 Å². The number of ether oxygens (including phenoxy) is 1. The third-order valence-corrected chi connectivity index (χ3v) is 5.80. The standard InChI is InChI=1S/C19H18F2N2O2.C5H13N/c20-19(21)13-18(25-16-4-2-1-3-15(16)19)7-9-23(10-8-18)17-6-5-14(12-24)11-22-17;1-5(2)3-4-6/h1-6,11-12H,7-10,13H2;5H,3-4,6H2,1-2H3. The number of pyridine rings is 1. The van der Waals surface area contributed by atoms with Crippen LogP contribution in [0, 0.1) is 5.92 Å². The fourth-order valence-corrected chi connectivity index (χ4v) is 4.04. The van der Waals surface area contributed by atoms with Gasteiger partial charge >= 0.3 is 0 Å². The molecule has 2 aliphatic rings. The van der Waals surface area contributed by atoms with Crippen LogP contribution < -0.4 is 15.4 Å². The average Bonchev–Trinajstić information content (AvgIpc) is 2.74. The van der Waals surface area contributed by atoms with E-state index in [0.29, 0.717) is 37.2 Å². The van der Waals surface area contributed by atoms with Gasteiger partial charge in [0.15, 0.2) is 6.29 Å². The summed E-state index contributed by atoms with van der Waals surface area (Å²) in [5.74, 6) is -1.06. The molecule has 0 saturated carbocycles. The molecule has 3 heterocycles. The molecule has 0 atom stereocenters. The second-order valence-corrected chi connectivity index (χ2v) is 8.69. The summed E-state index contributed by atoms with van der Waals surface area (Å²) in [5, 5.41) is 0. The van der Waals surface area contributed by atoms with Gasteiger partial charge in [-0.15, -0.1) is 0 Å². The zero-order valence-electron chi connectivity index (χ0n) is 18.2. The van der Waals surface area contributed by atoms with Gasteiger partial charge in [0, 0.05) is 37.7 Å². The average molecular weight is 432 g/mol. The topological polar surface area (TPSA) is 68.5 Å². The molecule has 4 rings (SSSR count). The summed E-state index contributed by atoms with van der Waals surface area (Å²) in [6.45, 7) is 6.36. The van der Waals surface area contributed by atoms with Gasteiger partial charge in [0.1, 0.15) is 17.2 Å². The van der Waals surface area contributed by atoms with Gasteiger partial charge in [0.2, 0.25) is 0 Å². The maximum Gasteiger partial charge on any atom is 0.280 e. The van der Waals surface area contributed by atoms with Crippen molar-refractivity contribution in [3.63, 3.8) is 0 Å². The summed E-state index contributed by atoms with van der Waals surface area (Å²) < 4.78 is 35.2. The van der Waals surface area contributed by atoms with Crippen LogP contribution in [0.4, 0.5) is 14.6 Å². The number of aldehydes is 1. The fourth-order valence-electron chi connectivity index (χ4n) is 4.04. The van der Waals surface area contributed by atoms with Crippen LogP contribution in [0.25, 0.3) is 0 Å². The minimum Gasteiger partial charge on any atom is -0.486 e. The van der Waals surface area contributed by atoms with E-state index in [9.17, 15) is 13.6 Å². The van der Waals surface area contributed by atoms with Gasteiger partial charge in [0.05, 0.1) is 12.0 Å². The molecule has 0 aliphatic carbocycles. The maximum absolute atomic E-state index is 14.6. The Labute approximate surface area is 182 Å². The Morgan fingerprint density at radius 1 is 1.19 bits per heavy atom. The number of benzene rings is 1. The fraction of sp³-hybridized carbons (Fsp3) is 0.500. The Morgan fingerprint density at radius 3 is 2.45 bits per heavy atom. The minimum atomic E-state index is -2.87. The number of nitrogens with two attached hydrogens (primary N) is 1. The van der Waals surface area contributed by atoms with Crippen LogP contribution in [0.3, 0.4) is 0 Å². The highest BCUT2D eigenvalue weighted by molar-refractivity contribution is 5.74. The predicted molar refractivity (Wildman–Crippen MR) is 118 cm³/mol. The number of carbonyl (C=O) groups is 1. The van der Waals surface area contributed by atoms with Crippen LogP contribution in [0.15, 0.2) is 42.6 Å². The molecule has 0 radical (unpaired) electrons. The highest BCUT2D eigenvalue weighted by Crippen LogP contribution is 2.50. The quantitative estimate of drug-likeness (QED) is 0.705. The van der Waals surface area contributed by atoms with Crippen molar-refractivity contribution in [2.24, 2.45) is 11.7 Å². The first-order valence-electron chi connectivity index (χ1n) is 10.8. The zero-order chi connectivity index (χ0) is 22.5. The number of para-hydroxylation sites is 1. The first-order valence-corrected chi connectivity index (χ1v) is 10.8. The number of aromatic nitrogens is 1. The lowest BCUT2D eigenvalue weighted by atomic mass is 9.81. The molecular formula is C24H31F2N3O2. The smallest absolute Gasteiger partial charge is 0.280 e. The number of carbonyl (C=O) groups excluding carboxylic acids is 1. The highest BCUT2D eigenvalue weighted by atomic mass is 19.3. The Kier molecular flexibility index (Phi) is 7.26. The molecular weight excluding hydrogens is 400 g/mol. The number of nitrogens with zero attached hydrogens (tertiary/aromatic N) is 2. The third kappa shape index (κ3) is 5.58. The summed E-state index contributed by atoms with van der Waals surface area (Å²) in [4.78, 5) is 17.0. The van der Waals surface area contributed by atoms with Crippen LogP contribution >= 0.6 is 0 Å². The molecule has 5 nitrogen and oxygen atoms in total. The van der Waals surface area contributed by atoms with E-state index >= 15 is 0 Å². The van der Waals surface area contributed by atoms with E-state index in [1.807, 2.05) is 4.90 Å². The monoisotopic (exact) mass is 431 g/mol. The first kappa shape index (κ1) is 23.1. The molecule has 1 saturated heterocycles. The van der Waals surface area contributed by atoms with Crippen molar-refractivity contribution in [2.45, 2.75) is 51.1 Å². The summed E-state index contributed by atoms with van der Waals surface area (Å²) in [6.07, 6.45) is 4.15. The molecule has 31 heavy (non-hydrogen) atoms. The third-order valence-electron chi connectivity index (χ3n) is 5.80. The van der Waals surface area contributed by atoms with E-state index in [2.05, 4.69) is 18.8 Å². The van der Waals surface area contributed by atoms with Crippen LogP contribution in [-0.4, -0.2) is 36.5 Å². The second kappa shape index (κ2) is 9.73. The minimum absolute atomic E-state index is 0.0193. The Balaban J connectivity index is 0.000000401. The SMILES string of the molecule is CC(C)CCN.O=Cc1ccc(N2CCC3(CC2)CC(F)(F)c2ccccc2O3)nc1. The van der Waals surface area contributed by atoms with Gasteiger partial charge in [-0.05, 0) is 43.1 Å². The van der Waals surface area contributed by atoms with E-state index in [-0.39, 0.29) is 12.0 Å². The lowest BCUT2D eigenvalue weighted by Crippen LogP contribution is -2.52. The highest BCUT2D eigenvalue weighted by Gasteiger charge is 2.51. The van der Waals surface area contributed by atoms with Gasteiger partial charge in [-0.2, -0.15) is 0 Å². The van der Waals surface area contributed by atoms with Gasteiger partial charge in [-0.25, -0.2) is 13.8 Å². The van der Waals surface area contributed by atoms with E-state index in [4.69, 9.17) is 10.5 Å². The Hall–Kier alpha value is -2.54. The van der Waals surface area contributed by atoms with Crippen LogP contribution in [0.1, 0.15) is 55.5 Å². The van der Waals surface area contributed by atoms with Crippen molar-refractivity contribution in [3.05, 3.63) is 53.7 Å². The summed E-state index contributed by atoms with van der Waals surface area (Å²) in [7, 11) is 0. The number of hydrogen-bond donors (Lipinski definition) is 1. The molecule has 1 aromatic heterocycles. The van der Waals surface area contributed by atoms with Crippen LogP contribution in [-0.2, 0) is 5.92 Å². The molecule has 2 aromatic rings. The van der Waals surface area contributed by atoms with Crippen molar-refractivity contribution in [1.29, 1.82) is 0 Å². The van der Waals surface area contributed by atoms with E-state index in [1.165, 1.54) is 12.3 Å². The lowest BCUT2D eigenvalue weighted by molar-refractivity contribution is -0.114.